The van der Waals surface area contributed by atoms with Crippen molar-refractivity contribution in [3.05, 3.63) is 41.7 Å². The summed E-state index contributed by atoms with van der Waals surface area (Å²) in [5.74, 6) is 3.87. The van der Waals surface area contributed by atoms with E-state index in [2.05, 4.69) is 50.7 Å². The predicted molar refractivity (Wildman–Crippen MR) is 119 cm³/mol. The monoisotopic (exact) mass is 382 g/mol. The van der Waals surface area contributed by atoms with Crippen molar-refractivity contribution in [2.45, 2.75) is 73.1 Å². The first kappa shape index (κ1) is 22.4. The van der Waals surface area contributed by atoms with Crippen molar-refractivity contribution >= 4 is 17.3 Å². The zero-order valence-electron chi connectivity index (χ0n) is 18.4. The second-order valence-corrected chi connectivity index (χ2v) is 8.29. The fourth-order valence-electron chi connectivity index (χ4n) is 4.72. The fraction of sp³-hybridized carbons (Fsp3) is 0.600. The van der Waals surface area contributed by atoms with Crippen LogP contribution in [0.2, 0.25) is 0 Å². The molecule has 1 aromatic heterocycles. The molecule has 1 fully saturated rings. The lowest BCUT2D eigenvalue weighted by molar-refractivity contribution is -0.105. The Balaban J connectivity index is 0.000000180. The molecule has 1 N–H and O–H groups in total. The van der Waals surface area contributed by atoms with Gasteiger partial charge in [-0.2, -0.15) is 0 Å². The van der Waals surface area contributed by atoms with Crippen molar-refractivity contribution in [3.63, 3.8) is 0 Å². The van der Waals surface area contributed by atoms with Crippen LogP contribution in [0.15, 0.2) is 35.9 Å². The van der Waals surface area contributed by atoms with Crippen LogP contribution in [-0.2, 0) is 11.2 Å². The first-order chi connectivity index (χ1) is 13.6. The van der Waals surface area contributed by atoms with Gasteiger partial charge in [-0.05, 0) is 60.6 Å². The number of carbonyl (C=O) groups excluding carboxylic acids is 1. The number of imidazole rings is 1. The summed E-state index contributed by atoms with van der Waals surface area (Å²) in [5.41, 5.74) is 3.30. The highest BCUT2D eigenvalue weighted by atomic mass is 16.1. The van der Waals surface area contributed by atoms with E-state index in [1.165, 1.54) is 32.1 Å². The molecule has 0 aliphatic heterocycles. The van der Waals surface area contributed by atoms with Crippen molar-refractivity contribution in [1.82, 2.24) is 9.97 Å². The van der Waals surface area contributed by atoms with Crippen molar-refractivity contribution in [2.24, 2.45) is 23.7 Å². The third kappa shape index (κ3) is 5.56. The lowest BCUT2D eigenvalue weighted by Gasteiger charge is -2.31. The summed E-state index contributed by atoms with van der Waals surface area (Å²) in [6, 6.07) is 8.08. The van der Waals surface area contributed by atoms with Crippen molar-refractivity contribution in [1.29, 1.82) is 0 Å². The number of hydrogen-bond acceptors (Lipinski definition) is 2. The molecule has 2 aromatic rings. The van der Waals surface area contributed by atoms with E-state index >= 15 is 0 Å². The van der Waals surface area contributed by atoms with Gasteiger partial charge < -0.3 is 4.98 Å². The van der Waals surface area contributed by atoms with E-state index < -0.39 is 0 Å². The van der Waals surface area contributed by atoms with E-state index in [0.717, 1.165) is 47.0 Å². The Hall–Kier alpha value is -1.90. The van der Waals surface area contributed by atoms with Crippen LogP contribution in [0.1, 0.15) is 72.5 Å². The summed E-state index contributed by atoms with van der Waals surface area (Å²) < 4.78 is 0. The molecule has 3 heteroatoms. The fourth-order valence-corrected chi connectivity index (χ4v) is 4.72. The van der Waals surface area contributed by atoms with Crippen LogP contribution in [0.25, 0.3) is 11.0 Å². The summed E-state index contributed by atoms with van der Waals surface area (Å²) in [7, 11) is 0. The molecule has 0 amide bonds. The summed E-state index contributed by atoms with van der Waals surface area (Å²) in [4.78, 5) is 18.7. The van der Waals surface area contributed by atoms with Gasteiger partial charge in [-0.3, -0.25) is 4.79 Å². The molecule has 2 aliphatic carbocycles. The molecule has 0 bridgehead atoms. The van der Waals surface area contributed by atoms with Crippen LogP contribution in [0.3, 0.4) is 0 Å². The van der Waals surface area contributed by atoms with Crippen LogP contribution in [0, 0.1) is 23.7 Å². The molecule has 3 nitrogen and oxygen atoms in total. The number of para-hydroxylation sites is 2. The highest BCUT2D eigenvalue weighted by Gasteiger charge is 2.39. The van der Waals surface area contributed by atoms with Crippen molar-refractivity contribution in [2.75, 3.05) is 0 Å². The minimum Gasteiger partial charge on any atom is -0.342 e. The molecule has 0 radical (unpaired) electrons. The van der Waals surface area contributed by atoms with Crippen LogP contribution in [-0.4, -0.2) is 16.3 Å². The van der Waals surface area contributed by atoms with E-state index in [1.807, 2.05) is 24.3 Å². The summed E-state index contributed by atoms with van der Waals surface area (Å²) in [6.07, 6.45) is 10.8. The molecule has 2 aliphatic rings. The van der Waals surface area contributed by atoms with E-state index in [1.54, 1.807) is 0 Å². The standard InChI is InChI=1S/C13H20O.C9H10N2.C3H8/c1-3-10-4-5-11-6-9(2)7-12(8-14)13(10)11;1-2-9-10-7-5-3-4-6-8(7)11-9;1-3-2/h7-11,13H,3-6H2,1-2H3;3-6H,2H2,1H3,(H,10,11);3H2,1-2H3. The Morgan fingerprint density at radius 2 is 1.86 bits per heavy atom. The highest BCUT2D eigenvalue weighted by molar-refractivity contribution is 5.75. The van der Waals surface area contributed by atoms with Crippen LogP contribution >= 0.6 is 0 Å². The highest BCUT2D eigenvalue weighted by Crippen LogP contribution is 2.48. The maximum atomic E-state index is 11.0. The molecule has 1 aromatic carbocycles. The maximum absolute atomic E-state index is 11.0. The Morgan fingerprint density at radius 3 is 2.46 bits per heavy atom. The topological polar surface area (TPSA) is 45.8 Å². The average molecular weight is 383 g/mol. The first-order valence-corrected chi connectivity index (χ1v) is 11.2. The number of rotatable bonds is 3. The van der Waals surface area contributed by atoms with Gasteiger partial charge in [0.25, 0.3) is 0 Å². The lowest BCUT2D eigenvalue weighted by atomic mass is 9.73. The number of aromatic amines is 1. The first-order valence-electron chi connectivity index (χ1n) is 11.2. The zero-order valence-corrected chi connectivity index (χ0v) is 18.4. The van der Waals surface area contributed by atoms with Gasteiger partial charge in [-0.15, -0.1) is 0 Å². The smallest absolute Gasteiger partial charge is 0.146 e. The van der Waals surface area contributed by atoms with Gasteiger partial charge in [0.1, 0.15) is 12.1 Å². The molecule has 4 atom stereocenters. The molecular weight excluding hydrogens is 344 g/mol. The van der Waals surface area contributed by atoms with E-state index in [4.69, 9.17) is 0 Å². The second-order valence-electron chi connectivity index (χ2n) is 8.29. The van der Waals surface area contributed by atoms with Gasteiger partial charge in [0, 0.05) is 6.42 Å². The van der Waals surface area contributed by atoms with Gasteiger partial charge in [0.15, 0.2) is 0 Å². The molecule has 4 unspecified atom stereocenters. The third-order valence-electron chi connectivity index (χ3n) is 5.89. The van der Waals surface area contributed by atoms with Gasteiger partial charge >= 0.3 is 0 Å². The largest absolute Gasteiger partial charge is 0.342 e. The average Bonchev–Trinajstić information content (AvgIpc) is 3.31. The van der Waals surface area contributed by atoms with Crippen LogP contribution in [0.5, 0.6) is 0 Å². The quantitative estimate of drug-likeness (QED) is 0.597. The maximum Gasteiger partial charge on any atom is 0.146 e. The predicted octanol–water partition coefficient (Wildman–Crippen LogP) is 6.75. The molecule has 4 rings (SSSR count). The number of aryl methyl sites for hydroxylation is 1. The molecule has 0 spiro atoms. The number of fused-ring (bicyclic) bond motifs is 2. The minimum absolute atomic E-state index is 0.605. The number of aldehydes is 1. The number of carbonyl (C=O) groups is 1. The minimum atomic E-state index is 0.605. The zero-order chi connectivity index (χ0) is 20.5. The van der Waals surface area contributed by atoms with Crippen LogP contribution in [0.4, 0.5) is 0 Å². The molecule has 1 saturated carbocycles. The van der Waals surface area contributed by atoms with E-state index in [0.29, 0.717) is 11.8 Å². The lowest BCUT2D eigenvalue weighted by Crippen LogP contribution is -2.24. The third-order valence-corrected chi connectivity index (χ3v) is 5.89. The Labute approximate surface area is 171 Å². The Morgan fingerprint density at radius 1 is 1.14 bits per heavy atom. The summed E-state index contributed by atoms with van der Waals surface area (Å²) in [5, 5.41) is 0. The number of aromatic nitrogens is 2. The number of H-pyrrole nitrogens is 1. The van der Waals surface area contributed by atoms with E-state index in [9.17, 15) is 4.79 Å². The van der Waals surface area contributed by atoms with Crippen LogP contribution < -0.4 is 0 Å². The SMILES string of the molecule is CCC.CCC1CCC2CC(C)C=C(C=O)C12.CCc1nc2ccccc2[nH]1. The number of allylic oxidation sites excluding steroid dienone is 2. The summed E-state index contributed by atoms with van der Waals surface area (Å²) >= 11 is 0. The number of benzene rings is 1. The van der Waals surface area contributed by atoms with Gasteiger partial charge in [-0.25, -0.2) is 4.98 Å². The van der Waals surface area contributed by atoms with E-state index in [-0.39, 0.29) is 0 Å². The Bertz CT molecular complexity index is 728. The number of nitrogens with zero attached hydrogens (tertiary/aromatic N) is 1. The number of hydrogen-bond donors (Lipinski definition) is 1. The number of nitrogens with one attached hydrogen (secondary N) is 1. The summed E-state index contributed by atoms with van der Waals surface area (Å²) in [6.45, 7) is 10.8. The second kappa shape index (κ2) is 11.2. The van der Waals surface area contributed by atoms with Gasteiger partial charge in [0.05, 0.1) is 11.0 Å². The molecule has 0 saturated heterocycles. The van der Waals surface area contributed by atoms with Gasteiger partial charge in [0.2, 0.25) is 0 Å². The van der Waals surface area contributed by atoms with Crippen molar-refractivity contribution < 1.29 is 4.79 Å². The van der Waals surface area contributed by atoms with Crippen molar-refractivity contribution in [3.8, 4) is 0 Å². The normalized spacial score (nSPS) is 25.7. The molecule has 28 heavy (non-hydrogen) atoms. The Kier molecular flexibility index (Phi) is 8.95. The molecule has 154 valence electrons. The molecule has 1 heterocycles. The molecular formula is C25H38N2O. The van der Waals surface area contributed by atoms with Gasteiger partial charge in [-0.1, -0.05) is 65.7 Å².